The number of aliphatic hydroxyl groups is 1. The fourth-order valence-electron chi connectivity index (χ4n) is 4.84. The maximum absolute atomic E-state index is 12.9. The third-order valence-corrected chi connectivity index (χ3v) is 6.55. The molecule has 3 atom stereocenters. The van der Waals surface area contributed by atoms with Gasteiger partial charge in [-0.25, -0.2) is 4.79 Å². The van der Waals surface area contributed by atoms with Crippen LogP contribution in [-0.4, -0.2) is 40.1 Å². The van der Waals surface area contributed by atoms with Crippen LogP contribution in [0.5, 0.6) is 0 Å². The fourth-order valence-corrected chi connectivity index (χ4v) is 4.84. The maximum Gasteiger partial charge on any atom is 0.349 e. The highest BCUT2D eigenvalue weighted by Gasteiger charge is 2.48. The Bertz CT molecular complexity index is 1150. The third-order valence-electron chi connectivity index (χ3n) is 6.55. The summed E-state index contributed by atoms with van der Waals surface area (Å²) in [6.45, 7) is 2.92. The van der Waals surface area contributed by atoms with Crippen molar-refractivity contribution in [3.8, 4) is 0 Å². The van der Waals surface area contributed by atoms with Gasteiger partial charge < -0.3 is 19.4 Å². The second kappa shape index (κ2) is 6.88. The number of nitrogens with zero attached hydrogens (tertiary/aromatic N) is 1. The van der Waals surface area contributed by atoms with E-state index in [1.807, 2.05) is 30.5 Å². The first kappa shape index (κ1) is 18.2. The summed E-state index contributed by atoms with van der Waals surface area (Å²) in [6.07, 6.45) is 3.75. The second-order valence-electron chi connectivity index (χ2n) is 8.35. The van der Waals surface area contributed by atoms with E-state index in [2.05, 4.69) is 11.1 Å². The minimum absolute atomic E-state index is 0.122. The number of hydrogen-bond acceptors (Lipinski definition) is 4. The van der Waals surface area contributed by atoms with E-state index < -0.39 is 5.63 Å². The van der Waals surface area contributed by atoms with Crippen molar-refractivity contribution >= 4 is 16.8 Å². The van der Waals surface area contributed by atoms with Gasteiger partial charge in [0.25, 0.3) is 5.91 Å². The smallest absolute Gasteiger partial charge is 0.349 e. The number of rotatable bonds is 4. The number of carbonyl (C=O) groups excluding carboxylic acids is 1. The van der Waals surface area contributed by atoms with Crippen LogP contribution in [0.2, 0.25) is 0 Å². The lowest BCUT2D eigenvalue weighted by Gasteiger charge is -2.34. The molecule has 1 amide bonds. The van der Waals surface area contributed by atoms with Gasteiger partial charge in [0.15, 0.2) is 0 Å². The Morgan fingerprint density at radius 1 is 1.28 bits per heavy atom. The van der Waals surface area contributed by atoms with E-state index in [4.69, 9.17) is 4.42 Å². The summed E-state index contributed by atoms with van der Waals surface area (Å²) < 4.78 is 5.51. The molecule has 1 aliphatic heterocycles. The Kier molecular flexibility index (Phi) is 4.32. The average molecular weight is 392 g/mol. The van der Waals surface area contributed by atoms with E-state index in [9.17, 15) is 14.7 Å². The highest BCUT2D eigenvalue weighted by atomic mass is 16.4. The van der Waals surface area contributed by atoms with Gasteiger partial charge in [0.05, 0.1) is 6.10 Å². The zero-order chi connectivity index (χ0) is 20.1. The molecule has 2 N–H and O–H groups in total. The van der Waals surface area contributed by atoms with Crippen LogP contribution in [0.15, 0.2) is 45.7 Å². The van der Waals surface area contributed by atoms with Crippen LogP contribution in [0, 0.1) is 18.8 Å². The summed E-state index contributed by atoms with van der Waals surface area (Å²) in [5.74, 6) is 0.825. The molecule has 150 valence electrons. The van der Waals surface area contributed by atoms with Crippen LogP contribution in [0.1, 0.15) is 33.7 Å². The molecule has 3 heterocycles. The Morgan fingerprint density at radius 2 is 2.10 bits per heavy atom. The number of carbonyl (C=O) groups is 1. The number of aromatic amines is 1. The van der Waals surface area contributed by atoms with Gasteiger partial charge in [-0.15, -0.1) is 0 Å². The van der Waals surface area contributed by atoms with Gasteiger partial charge in [0.1, 0.15) is 11.3 Å². The molecule has 5 rings (SSSR count). The van der Waals surface area contributed by atoms with Gasteiger partial charge >= 0.3 is 5.63 Å². The van der Waals surface area contributed by atoms with Crippen molar-refractivity contribution in [2.45, 2.75) is 32.3 Å². The molecule has 6 nitrogen and oxygen atoms in total. The number of fused-ring (bicyclic) bond motifs is 2. The molecule has 1 saturated carbocycles. The minimum Gasteiger partial charge on any atom is -0.427 e. The van der Waals surface area contributed by atoms with Crippen molar-refractivity contribution in [3.05, 3.63) is 69.4 Å². The van der Waals surface area contributed by atoms with Crippen LogP contribution in [0.3, 0.4) is 0 Å². The Balaban J connectivity index is 1.33. The zero-order valence-electron chi connectivity index (χ0n) is 16.4. The molecule has 0 spiro atoms. The van der Waals surface area contributed by atoms with Crippen LogP contribution in [0.25, 0.3) is 10.9 Å². The van der Waals surface area contributed by atoms with Gasteiger partial charge in [-0.1, -0.05) is 18.2 Å². The lowest BCUT2D eigenvalue weighted by Crippen LogP contribution is -2.40. The minimum atomic E-state index is -0.566. The molecule has 2 aromatic heterocycles. The molecule has 1 aliphatic carbocycles. The molecule has 29 heavy (non-hydrogen) atoms. The number of H-pyrrole nitrogens is 1. The van der Waals surface area contributed by atoms with Gasteiger partial charge in [-0.2, -0.15) is 0 Å². The molecule has 0 unspecified atom stereocenters. The molecule has 6 heteroatoms. The first-order valence-corrected chi connectivity index (χ1v) is 10.2. The number of aliphatic hydroxyl groups excluding tert-OH is 1. The molecule has 2 aliphatic rings. The lowest BCUT2D eigenvalue weighted by atomic mass is 9.74. The Morgan fingerprint density at radius 3 is 2.86 bits per heavy atom. The predicted octanol–water partition coefficient (Wildman–Crippen LogP) is 2.67. The first-order chi connectivity index (χ1) is 14.0. The number of likely N-dealkylation sites (tertiary alicyclic amines) is 1. The first-order valence-electron chi connectivity index (χ1n) is 10.2. The molecule has 1 aromatic carbocycles. The van der Waals surface area contributed by atoms with Crippen LogP contribution in [0.4, 0.5) is 0 Å². The molecule has 3 aromatic rings. The monoisotopic (exact) mass is 392 g/mol. The molecule has 0 radical (unpaired) electrons. The zero-order valence-corrected chi connectivity index (χ0v) is 16.4. The second-order valence-corrected chi connectivity index (χ2v) is 8.35. The van der Waals surface area contributed by atoms with Crippen molar-refractivity contribution in [1.29, 1.82) is 0 Å². The van der Waals surface area contributed by atoms with E-state index >= 15 is 0 Å². The van der Waals surface area contributed by atoms with Crippen LogP contribution >= 0.6 is 0 Å². The van der Waals surface area contributed by atoms with E-state index in [-0.39, 0.29) is 23.5 Å². The maximum atomic E-state index is 12.9. The lowest BCUT2D eigenvalue weighted by molar-refractivity contribution is -0.00427. The Hall–Kier alpha value is -2.86. The van der Waals surface area contributed by atoms with Gasteiger partial charge in [-0.05, 0) is 48.9 Å². The number of aryl methyl sites for hydroxylation is 3. The summed E-state index contributed by atoms with van der Waals surface area (Å²) in [6, 6.07) is 9.92. The fraction of sp³-hybridized carbons (Fsp3) is 0.391. The van der Waals surface area contributed by atoms with E-state index in [1.54, 1.807) is 11.8 Å². The predicted molar refractivity (Wildman–Crippen MR) is 109 cm³/mol. The number of nitrogens with one attached hydrogen (secondary N) is 1. The standard InChI is InChI=1S/C23H24N2O4/c1-13-8-16(7-6-14-10-24-19-5-3-2-4-17(14)19)29-23(28)21(13)22(27)25-11-15-9-20(26)18(15)12-25/h2-5,8,10,15,18,20,24,26H,6-7,9,11-12H2,1H3/t15-,18+,20-/m0/s1. The quantitative estimate of drug-likeness (QED) is 0.715. The van der Waals surface area contributed by atoms with E-state index in [1.165, 1.54) is 10.9 Å². The number of para-hydroxylation sites is 1. The number of hydrogen-bond donors (Lipinski definition) is 2. The normalized spacial score (nSPS) is 23.2. The van der Waals surface area contributed by atoms with E-state index in [0.717, 1.165) is 18.4 Å². The van der Waals surface area contributed by atoms with Gasteiger partial charge in [0, 0.05) is 42.5 Å². The van der Waals surface area contributed by atoms with Crippen LogP contribution < -0.4 is 5.63 Å². The third kappa shape index (κ3) is 3.08. The number of benzene rings is 1. The van der Waals surface area contributed by atoms with Crippen molar-refractivity contribution < 1.29 is 14.3 Å². The highest BCUT2D eigenvalue weighted by Crippen LogP contribution is 2.41. The molecular formula is C23H24N2O4. The summed E-state index contributed by atoms with van der Waals surface area (Å²) in [5.41, 5.74) is 2.47. The molecule has 1 saturated heterocycles. The average Bonchev–Trinajstić information content (AvgIpc) is 3.26. The Labute approximate surface area is 168 Å². The SMILES string of the molecule is Cc1cc(CCc2c[nH]c3ccccc23)oc(=O)c1C(=O)N1C[C@@H]2C[C@H](O)[C@@H]2C1. The number of aromatic nitrogens is 1. The van der Waals surface area contributed by atoms with Gasteiger partial charge in [0.2, 0.25) is 0 Å². The van der Waals surface area contributed by atoms with Gasteiger partial charge in [-0.3, -0.25) is 4.79 Å². The van der Waals surface area contributed by atoms with Crippen molar-refractivity contribution in [3.63, 3.8) is 0 Å². The van der Waals surface area contributed by atoms with Crippen molar-refractivity contribution in [2.24, 2.45) is 11.8 Å². The van der Waals surface area contributed by atoms with Crippen LogP contribution in [-0.2, 0) is 12.8 Å². The largest absolute Gasteiger partial charge is 0.427 e. The highest BCUT2D eigenvalue weighted by molar-refractivity contribution is 5.95. The van der Waals surface area contributed by atoms with E-state index in [0.29, 0.717) is 36.8 Å². The molecule has 2 fully saturated rings. The summed E-state index contributed by atoms with van der Waals surface area (Å²) in [5, 5.41) is 11.0. The van der Waals surface area contributed by atoms with Crippen molar-refractivity contribution in [2.75, 3.05) is 13.1 Å². The summed E-state index contributed by atoms with van der Waals surface area (Å²) in [7, 11) is 0. The molecule has 0 bridgehead atoms. The topological polar surface area (TPSA) is 86.5 Å². The van der Waals surface area contributed by atoms with Crippen molar-refractivity contribution in [1.82, 2.24) is 9.88 Å². The summed E-state index contributed by atoms with van der Waals surface area (Å²) >= 11 is 0. The molecular weight excluding hydrogens is 368 g/mol. The number of amides is 1. The summed E-state index contributed by atoms with van der Waals surface area (Å²) in [4.78, 5) is 30.5.